The highest BCUT2D eigenvalue weighted by molar-refractivity contribution is 4.77. The van der Waals surface area contributed by atoms with Crippen molar-refractivity contribution in [1.29, 1.82) is 0 Å². The van der Waals surface area contributed by atoms with Crippen LogP contribution in [-0.4, -0.2) is 37.1 Å². The van der Waals surface area contributed by atoms with Gasteiger partial charge in [0.1, 0.15) is 0 Å². The van der Waals surface area contributed by atoms with Crippen LogP contribution in [0.2, 0.25) is 0 Å². The van der Waals surface area contributed by atoms with Gasteiger partial charge in [0.25, 0.3) is 0 Å². The summed E-state index contributed by atoms with van der Waals surface area (Å²) in [4.78, 5) is 2.65. The number of unbranched alkanes of at least 4 members (excludes halogenated alkanes) is 3. The van der Waals surface area contributed by atoms with E-state index in [1.165, 1.54) is 64.7 Å². The lowest BCUT2D eigenvalue weighted by molar-refractivity contribution is 0.171. The van der Waals surface area contributed by atoms with E-state index in [0.29, 0.717) is 0 Å². The Bertz CT molecular complexity index is 174. The van der Waals surface area contributed by atoms with Crippen LogP contribution < -0.4 is 5.32 Å². The third kappa shape index (κ3) is 5.13. The molecular formula is C14H28N2. The van der Waals surface area contributed by atoms with Crippen molar-refractivity contribution < 1.29 is 0 Å². The Labute approximate surface area is 101 Å². The minimum Gasteiger partial charge on any atom is -0.315 e. The first-order chi connectivity index (χ1) is 7.88. The summed E-state index contributed by atoms with van der Waals surface area (Å²) in [7, 11) is 0. The number of rotatable bonds is 8. The van der Waals surface area contributed by atoms with Crippen LogP contribution in [-0.2, 0) is 0 Å². The Kier molecular flexibility index (Phi) is 7.52. The molecule has 94 valence electrons. The molecule has 1 heterocycles. The van der Waals surface area contributed by atoms with Crippen molar-refractivity contribution in [2.45, 2.75) is 51.5 Å². The Morgan fingerprint density at radius 3 is 2.88 bits per heavy atom. The van der Waals surface area contributed by atoms with Gasteiger partial charge < -0.3 is 5.32 Å². The highest BCUT2D eigenvalue weighted by Gasteiger charge is 2.18. The second-order valence-electron chi connectivity index (χ2n) is 4.77. The van der Waals surface area contributed by atoms with Gasteiger partial charge in [0.05, 0.1) is 0 Å². The van der Waals surface area contributed by atoms with Crippen molar-refractivity contribution in [3.63, 3.8) is 0 Å². The Morgan fingerprint density at radius 1 is 1.38 bits per heavy atom. The molecule has 1 N–H and O–H groups in total. The zero-order valence-corrected chi connectivity index (χ0v) is 10.9. The predicted molar refractivity (Wildman–Crippen MR) is 71.8 cm³/mol. The van der Waals surface area contributed by atoms with Crippen LogP contribution in [0.15, 0.2) is 12.7 Å². The van der Waals surface area contributed by atoms with E-state index in [1.807, 2.05) is 6.08 Å². The van der Waals surface area contributed by atoms with Gasteiger partial charge >= 0.3 is 0 Å². The van der Waals surface area contributed by atoms with E-state index in [9.17, 15) is 0 Å². The molecule has 0 radical (unpaired) electrons. The Morgan fingerprint density at radius 2 is 2.25 bits per heavy atom. The average molecular weight is 224 g/mol. The summed E-state index contributed by atoms with van der Waals surface area (Å²) < 4.78 is 0. The number of hydrogen-bond donors (Lipinski definition) is 1. The van der Waals surface area contributed by atoms with Crippen molar-refractivity contribution >= 4 is 0 Å². The standard InChI is InChI=1S/C14H28N2/c1-3-5-6-7-8-12-16(4-2)14-10-9-11-15-13-14/h3,14-15H,1,4-13H2,2H3. The summed E-state index contributed by atoms with van der Waals surface area (Å²) in [6.45, 7) is 10.9. The Balaban J connectivity index is 2.12. The molecule has 1 aliphatic heterocycles. The van der Waals surface area contributed by atoms with Gasteiger partial charge in [-0.15, -0.1) is 6.58 Å². The fraction of sp³-hybridized carbons (Fsp3) is 0.857. The number of likely N-dealkylation sites (N-methyl/N-ethyl adjacent to an activating group) is 1. The van der Waals surface area contributed by atoms with Gasteiger partial charge in [0.2, 0.25) is 0 Å². The maximum atomic E-state index is 3.76. The number of hydrogen-bond acceptors (Lipinski definition) is 2. The fourth-order valence-electron chi connectivity index (χ4n) is 2.52. The number of allylic oxidation sites excluding steroid dienone is 1. The molecule has 0 aromatic heterocycles. The monoisotopic (exact) mass is 224 g/mol. The Hall–Kier alpha value is -0.340. The van der Waals surface area contributed by atoms with Crippen LogP contribution in [0.3, 0.4) is 0 Å². The summed E-state index contributed by atoms with van der Waals surface area (Å²) >= 11 is 0. The van der Waals surface area contributed by atoms with Crippen molar-refractivity contribution in [2.75, 3.05) is 26.2 Å². The normalized spacial score (nSPS) is 21.2. The van der Waals surface area contributed by atoms with E-state index in [-0.39, 0.29) is 0 Å². The summed E-state index contributed by atoms with van der Waals surface area (Å²) in [5.41, 5.74) is 0. The molecule has 1 rings (SSSR count). The average Bonchev–Trinajstić information content (AvgIpc) is 2.35. The van der Waals surface area contributed by atoms with Crippen LogP contribution in [0.5, 0.6) is 0 Å². The maximum absolute atomic E-state index is 3.76. The summed E-state index contributed by atoms with van der Waals surface area (Å²) in [5, 5.41) is 3.51. The van der Waals surface area contributed by atoms with E-state index >= 15 is 0 Å². The van der Waals surface area contributed by atoms with Gasteiger partial charge in [0, 0.05) is 12.6 Å². The second-order valence-corrected chi connectivity index (χ2v) is 4.77. The maximum Gasteiger partial charge on any atom is 0.0220 e. The minimum atomic E-state index is 0.790. The fourth-order valence-corrected chi connectivity index (χ4v) is 2.52. The smallest absolute Gasteiger partial charge is 0.0220 e. The summed E-state index contributed by atoms with van der Waals surface area (Å²) in [6, 6.07) is 0.790. The third-order valence-electron chi connectivity index (χ3n) is 3.55. The molecule has 0 bridgehead atoms. The number of nitrogens with zero attached hydrogens (tertiary/aromatic N) is 1. The van der Waals surface area contributed by atoms with E-state index < -0.39 is 0 Å². The van der Waals surface area contributed by atoms with Crippen LogP contribution in [0.1, 0.15) is 45.4 Å². The molecule has 1 unspecified atom stereocenters. The van der Waals surface area contributed by atoms with Gasteiger partial charge in [-0.25, -0.2) is 0 Å². The van der Waals surface area contributed by atoms with E-state index in [4.69, 9.17) is 0 Å². The lowest BCUT2D eigenvalue weighted by atomic mass is 10.1. The van der Waals surface area contributed by atoms with Crippen molar-refractivity contribution in [2.24, 2.45) is 0 Å². The lowest BCUT2D eigenvalue weighted by Crippen LogP contribution is -2.46. The van der Waals surface area contributed by atoms with E-state index in [1.54, 1.807) is 0 Å². The van der Waals surface area contributed by atoms with Gasteiger partial charge in [-0.2, -0.15) is 0 Å². The van der Waals surface area contributed by atoms with E-state index in [0.717, 1.165) is 6.04 Å². The highest BCUT2D eigenvalue weighted by atomic mass is 15.2. The van der Waals surface area contributed by atoms with Gasteiger partial charge in [-0.1, -0.05) is 19.4 Å². The molecule has 0 aromatic carbocycles. The van der Waals surface area contributed by atoms with Gasteiger partial charge in [-0.3, -0.25) is 4.90 Å². The topological polar surface area (TPSA) is 15.3 Å². The van der Waals surface area contributed by atoms with Gasteiger partial charge in [-0.05, 0) is 51.7 Å². The quantitative estimate of drug-likeness (QED) is 0.504. The molecule has 0 saturated carbocycles. The van der Waals surface area contributed by atoms with Crippen LogP contribution >= 0.6 is 0 Å². The van der Waals surface area contributed by atoms with Gasteiger partial charge in [0.15, 0.2) is 0 Å². The molecular weight excluding hydrogens is 196 g/mol. The van der Waals surface area contributed by atoms with Crippen molar-refractivity contribution in [1.82, 2.24) is 10.2 Å². The minimum absolute atomic E-state index is 0.790. The van der Waals surface area contributed by atoms with Crippen molar-refractivity contribution in [3.8, 4) is 0 Å². The molecule has 1 aliphatic rings. The SMILES string of the molecule is C=CCCCCCN(CC)C1CCCNC1. The first-order valence-electron chi connectivity index (χ1n) is 6.94. The van der Waals surface area contributed by atoms with Crippen LogP contribution in [0.4, 0.5) is 0 Å². The predicted octanol–water partition coefficient (Wildman–Crippen LogP) is 2.81. The summed E-state index contributed by atoms with van der Waals surface area (Å²) in [6.07, 6.45) is 9.94. The molecule has 0 spiro atoms. The van der Waals surface area contributed by atoms with E-state index in [2.05, 4.69) is 23.7 Å². The van der Waals surface area contributed by atoms with Crippen molar-refractivity contribution in [3.05, 3.63) is 12.7 Å². The lowest BCUT2D eigenvalue weighted by Gasteiger charge is -2.33. The first-order valence-corrected chi connectivity index (χ1v) is 6.94. The molecule has 2 heteroatoms. The zero-order valence-electron chi connectivity index (χ0n) is 10.9. The molecule has 16 heavy (non-hydrogen) atoms. The molecule has 0 aliphatic carbocycles. The zero-order chi connectivity index (χ0) is 11.6. The number of piperidine rings is 1. The third-order valence-corrected chi connectivity index (χ3v) is 3.55. The molecule has 1 fully saturated rings. The molecule has 0 aromatic rings. The first kappa shape index (κ1) is 13.7. The summed E-state index contributed by atoms with van der Waals surface area (Å²) in [5.74, 6) is 0. The molecule has 1 saturated heterocycles. The highest BCUT2D eigenvalue weighted by Crippen LogP contribution is 2.11. The molecule has 2 nitrogen and oxygen atoms in total. The number of nitrogens with one attached hydrogen (secondary N) is 1. The largest absolute Gasteiger partial charge is 0.315 e. The van der Waals surface area contributed by atoms with Crippen LogP contribution in [0.25, 0.3) is 0 Å². The van der Waals surface area contributed by atoms with Crippen LogP contribution in [0, 0.1) is 0 Å². The second kappa shape index (κ2) is 8.77. The molecule has 1 atom stereocenters. The molecule has 0 amide bonds.